The Hall–Kier alpha value is -0.480. The van der Waals surface area contributed by atoms with Crippen molar-refractivity contribution in [3.8, 4) is 0 Å². The summed E-state index contributed by atoms with van der Waals surface area (Å²) in [7, 11) is 0. The average molecular weight is 342 g/mol. The van der Waals surface area contributed by atoms with Crippen LogP contribution in [0.5, 0.6) is 0 Å². The summed E-state index contributed by atoms with van der Waals surface area (Å²) in [5.74, 6) is 1.60. The molecule has 0 N–H and O–H groups in total. The molecular formula is C15H20BrNOS. The van der Waals surface area contributed by atoms with Gasteiger partial charge in [0.2, 0.25) is 5.91 Å². The lowest BCUT2D eigenvalue weighted by Gasteiger charge is -2.30. The number of hydrogen-bond donors (Lipinski definition) is 0. The van der Waals surface area contributed by atoms with E-state index in [4.69, 9.17) is 0 Å². The van der Waals surface area contributed by atoms with Crippen molar-refractivity contribution in [2.75, 3.05) is 18.8 Å². The molecule has 1 aromatic carbocycles. The Bertz CT molecular complexity index is 455. The van der Waals surface area contributed by atoms with Gasteiger partial charge in [0.15, 0.2) is 0 Å². The molecule has 0 bridgehead atoms. The van der Waals surface area contributed by atoms with Crippen LogP contribution in [-0.4, -0.2) is 29.6 Å². The maximum absolute atomic E-state index is 12.2. The first-order valence-electron chi connectivity index (χ1n) is 6.73. The number of amides is 1. The number of carbonyl (C=O) groups excluding carboxylic acids is 1. The lowest BCUT2D eigenvalue weighted by atomic mass is 9.99. The summed E-state index contributed by atoms with van der Waals surface area (Å²) < 4.78 is 1.09. The van der Waals surface area contributed by atoms with E-state index in [0.717, 1.165) is 36.3 Å². The van der Waals surface area contributed by atoms with Gasteiger partial charge in [0, 0.05) is 22.5 Å². The summed E-state index contributed by atoms with van der Waals surface area (Å²) >= 11 is 5.11. The molecule has 0 unspecified atom stereocenters. The van der Waals surface area contributed by atoms with Gasteiger partial charge >= 0.3 is 0 Å². The highest BCUT2D eigenvalue weighted by atomic mass is 79.9. The van der Waals surface area contributed by atoms with E-state index in [1.54, 1.807) is 11.8 Å². The molecule has 0 atom stereocenters. The van der Waals surface area contributed by atoms with Gasteiger partial charge in [-0.2, -0.15) is 0 Å². The van der Waals surface area contributed by atoms with Crippen LogP contribution in [0.4, 0.5) is 0 Å². The van der Waals surface area contributed by atoms with Crippen LogP contribution in [-0.2, 0) is 4.79 Å². The van der Waals surface area contributed by atoms with E-state index < -0.39 is 0 Å². The summed E-state index contributed by atoms with van der Waals surface area (Å²) in [6.45, 7) is 6.21. The van der Waals surface area contributed by atoms with Crippen LogP contribution in [0.15, 0.2) is 27.6 Å². The van der Waals surface area contributed by atoms with Crippen LogP contribution in [0.25, 0.3) is 0 Å². The minimum atomic E-state index is 0.277. The first-order valence-corrected chi connectivity index (χ1v) is 8.51. The van der Waals surface area contributed by atoms with Crippen LogP contribution in [0.1, 0.15) is 25.3 Å². The second kappa shape index (κ2) is 6.80. The van der Waals surface area contributed by atoms with Gasteiger partial charge in [-0.05, 0) is 49.4 Å². The number of carbonyl (C=O) groups is 1. The molecule has 2 rings (SSSR count). The van der Waals surface area contributed by atoms with Crippen molar-refractivity contribution < 1.29 is 4.79 Å². The first-order chi connectivity index (χ1) is 9.06. The third kappa shape index (κ3) is 4.25. The summed E-state index contributed by atoms with van der Waals surface area (Å²) in [6.07, 6.45) is 2.29. The van der Waals surface area contributed by atoms with Gasteiger partial charge in [0.1, 0.15) is 0 Å². The molecule has 1 amide bonds. The zero-order valence-electron chi connectivity index (χ0n) is 11.5. The molecule has 0 spiro atoms. The van der Waals surface area contributed by atoms with Gasteiger partial charge in [0.05, 0.1) is 5.75 Å². The number of rotatable bonds is 3. The Kier molecular flexibility index (Phi) is 5.34. The molecule has 1 heterocycles. The highest BCUT2D eigenvalue weighted by Gasteiger charge is 2.20. The van der Waals surface area contributed by atoms with E-state index in [1.165, 1.54) is 10.5 Å². The molecule has 0 radical (unpaired) electrons. The number of likely N-dealkylation sites (tertiary alicyclic amines) is 1. The van der Waals surface area contributed by atoms with Crippen LogP contribution in [0.3, 0.4) is 0 Å². The lowest BCUT2D eigenvalue weighted by molar-refractivity contribution is -0.129. The molecular weight excluding hydrogens is 322 g/mol. The Morgan fingerprint density at radius 2 is 2.11 bits per heavy atom. The number of benzene rings is 1. The topological polar surface area (TPSA) is 20.3 Å². The van der Waals surface area contributed by atoms with Gasteiger partial charge in [0.25, 0.3) is 0 Å². The van der Waals surface area contributed by atoms with E-state index in [9.17, 15) is 4.79 Å². The second-order valence-corrected chi connectivity index (χ2v) is 7.19. The Morgan fingerprint density at radius 3 is 2.74 bits per heavy atom. The molecule has 1 aliphatic heterocycles. The molecule has 0 saturated carbocycles. The van der Waals surface area contributed by atoms with Crippen molar-refractivity contribution in [3.05, 3.63) is 28.2 Å². The standard InChI is InChI=1S/C15H20BrNOS/c1-11-5-7-17(8-6-11)15(18)10-19-14-4-3-13(16)9-12(14)2/h3-4,9,11H,5-8,10H2,1-2H3. The largest absolute Gasteiger partial charge is 0.342 e. The van der Waals surface area contributed by atoms with Crippen LogP contribution in [0.2, 0.25) is 0 Å². The molecule has 0 aliphatic carbocycles. The summed E-state index contributed by atoms with van der Waals surface area (Å²) in [4.78, 5) is 15.4. The number of thioether (sulfide) groups is 1. The van der Waals surface area contributed by atoms with Gasteiger partial charge in [-0.3, -0.25) is 4.79 Å². The number of nitrogens with zero attached hydrogens (tertiary/aromatic N) is 1. The predicted molar refractivity (Wildman–Crippen MR) is 84.6 cm³/mol. The smallest absolute Gasteiger partial charge is 0.232 e. The van der Waals surface area contributed by atoms with Gasteiger partial charge in [-0.25, -0.2) is 0 Å². The van der Waals surface area contributed by atoms with Crippen LogP contribution >= 0.6 is 27.7 Å². The lowest BCUT2D eigenvalue weighted by Crippen LogP contribution is -2.38. The number of piperidine rings is 1. The fourth-order valence-electron chi connectivity index (χ4n) is 2.26. The molecule has 2 nitrogen and oxygen atoms in total. The predicted octanol–water partition coefficient (Wildman–Crippen LogP) is 4.11. The Balaban J connectivity index is 1.86. The maximum atomic E-state index is 12.2. The number of halogens is 1. The molecule has 4 heteroatoms. The maximum Gasteiger partial charge on any atom is 0.232 e. The van der Waals surface area contributed by atoms with Gasteiger partial charge < -0.3 is 4.90 Å². The fraction of sp³-hybridized carbons (Fsp3) is 0.533. The Labute approximate surface area is 128 Å². The molecule has 0 aromatic heterocycles. The van der Waals surface area contributed by atoms with Crippen molar-refractivity contribution in [1.29, 1.82) is 0 Å². The SMILES string of the molecule is Cc1cc(Br)ccc1SCC(=O)N1CCC(C)CC1. The molecule has 1 fully saturated rings. The van der Waals surface area contributed by atoms with Crippen molar-refractivity contribution in [2.45, 2.75) is 31.6 Å². The molecule has 19 heavy (non-hydrogen) atoms. The highest BCUT2D eigenvalue weighted by molar-refractivity contribution is 9.10. The van der Waals surface area contributed by atoms with Gasteiger partial charge in [-0.15, -0.1) is 11.8 Å². The van der Waals surface area contributed by atoms with Crippen molar-refractivity contribution >= 4 is 33.6 Å². The first kappa shape index (κ1) is 14.9. The van der Waals surface area contributed by atoms with Gasteiger partial charge in [-0.1, -0.05) is 22.9 Å². The van der Waals surface area contributed by atoms with E-state index >= 15 is 0 Å². The summed E-state index contributed by atoms with van der Waals surface area (Å²) in [5, 5.41) is 0. The number of aryl methyl sites for hydroxylation is 1. The second-order valence-electron chi connectivity index (χ2n) is 5.26. The minimum absolute atomic E-state index is 0.277. The summed E-state index contributed by atoms with van der Waals surface area (Å²) in [5.41, 5.74) is 1.22. The van der Waals surface area contributed by atoms with Crippen LogP contribution < -0.4 is 0 Å². The van der Waals surface area contributed by atoms with E-state index in [-0.39, 0.29) is 5.91 Å². The van der Waals surface area contributed by atoms with E-state index in [2.05, 4.69) is 41.9 Å². The quantitative estimate of drug-likeness (QED) is 0.771. The summed E-state index contributed by atoms with van der Waals surface area (Å²) in [6, 6.07) is 6.20. The average Bonchev–Trinajstić information content (AvgIpc) is 2.38. The third-order valence-corrected chi connectivity index (χ3v) is 5.28. The normalized spacial score (nSPS) is 16.7. The zero-order chi connectivity index (χ0) is 13.8. The van der Waals surface area contributed by atoms with Crippen molar-refractivity contribution in [2.24, 2.45) is 5.92 Å². The van der Waals surface area contributed by atoms with E-state index in [0.29, 0.717) is 5.75 Å². The van der Waals surface area contributed by atoms with Crippen LogP contribution in [0, 0.1) is 12.8 Å². The third-order valence-electron chi connectivity index (χ3n) is 3.62. The fourth-order valence-corrected chi connectivity index (χ4v) is 3.65. The monoisotopic (exact) mass is 341 g/mol. The highest BCUT2D eigenvalue weighted by Crippen LogP contribution is 2.26. The molecule has 1 saturated heterocycles. The molecule has 1 aromatic rings. The zero-order valence-corrected chi connectivity index (χ0v) is 13.9. The van der Waals surface area contributed by atoms with Crippen molar-refractivity contribution in [3.63, 3.8) is 0 Å². The molecule has 1 aliphatic rings. The van der Waals surface area contributed by atoms with Crippen molar-refractivity contribution in [1.82, 2.24) is 4.90 Å². The minimum Gasteiger partial charge on any atom is -0.342 e. The Morgan fingerprint density at radius 1 is 1.42 bits per heavy atom. The number of hydrogen-bond acceptors (Lipinski definition) is 2. The van der Waals surface area contributed by atoms with E-state index in [1.807, 2.05) is 11.0 Å². The molecule has 104 valence electrons.